The fourth-order valence-electron chi connectivity index (χ4n) is 2.14. The van der Waals surface area contributed by atoms with E-state index in [2.05, 4.69) is 10.6 Å². The van der Waals surface area contributed by atoms with Crippen LogP contribution in [0.2, 0.25) is 5.02 Å². The first-order valence-corrected chi connectivity index (χ1v) is 7.93. The van der Waals surface area contributed by atoms with Crippen LogP contribution in [0.4, 0.5) is 10.5 Å². The van der Waals surface area contributed by atoms with Gasteiger partial charge in [-0.15, -0.1) is 0 Å². The Morgan fingerprint density at radius 1 is 1.17 bits per heavy atom. The number of benzene rings is 2. The van der Waals surface area contributed by atoms with Gasteiger partial charge in [0.25, 0.3) is 0 Å². The number of hydrogen-bond acceptors (Lipinski definition) is 2. The van der Waals surface area contributed by atoms with Crippen molar-refractivity contribution in [3.05, 3.63) is 58.6 Å². The van der Waals surface area contributed by atoms with E-state index in [9.17, 15) is 4.79 Å². The molecule has 0 aromatic heterocycles. The Hall–Kier alpha value is -2.20. The molecule has 4 nitrogen and oxygen atoms in total. The van der Waals surface area contributed by atoms with Gasteiger partial charge in [0.2, 0.25) is 0 Å². The topological polar surface area (TPSA) is 50.4 Å². The predicted octanol–water partition coefficient (Wildman–Crippen LogP) is 4.55. The molecule has 0 radical (unpaired) electrons. The first-order chi connectivity index (χ1) is 11.1. The number of carbonyl (C=O) groups is 1. The monoisotopic (exact) mass is 332 g/mol. The largest absolute Gasteiger partial charge is 0.492 e. The normalized spacial score (nSPS) is 10.2. The first-order valence-electron chi connectivity index (χ1n) is 7.55. The second kappa shape index (κ2) is 8.44. The van der Waals surface area contributed by atoms with Gasteiger partial charge in [-0.2, -0.15) is 0 Å². The van der Waals surface area contributed by atoms with Crippen molar-refractivity contribution in [2.24, 2.45) is 0 Å². The maximum absolute atomic E-state index is 11.9. The number of nitrogens with one attached hydrogen (secondary N) is 2. The lowest BCUT2D eigenvalue weighted by Gasteiger charge is -2.11. The Labute approximate surface area is 141 Å². The van der Waals surface area contributed by atoms with Crippen LogP contribution >= 0.6 is 11.6 Å². The number of amides is 2. The number of anilines is 1. The first kappa shape index (κ1) is 17.2. The molecule has 0 heterocycles. The van der Waals surface area contributed by atoms with Crippen molar-refractivity contribution in [1.82, 2.24) is 5.32 Å². The van der Waals surface area contributed by atoms with Crippen molar-refractivity contribution < 1.29 is 9.53 Å². The summed E-state index contributed by atoms with van der Waals surface area (Å²) in [5.74, 6) is 0.661. The molecule has 2 amide bonds. The molecule has 2 rings (SSSR count). The molecule has 0 aliphatic heterocycles. The number of urea groups is 1. The summed E-state index contributed by atoms with van der Waals surface area (Å²) in [7, 11) is 0. The van der Waals surface area contributed by atoms with Crippen molar-refractivity contribution >= 4 is 23.3 Å². The third-order valence-corrected chi connectivity index (χ3v) is 3.64. The Balaban J connectivity index is 1.68. The molecular formula is C18H21ClN2O2. The van der Waals surface area contributed by atoms with E-state index in [1.807, 2.05) is 50.2 Å². The molecule has 2 aromatic carbocycles. The van der Waals surface area contributed by atoms with Crippen LogP contribution in [0.1, 0.15) is 17.5 Å². The lowest BCUT2D eigenvalue weighted by atomic mass is 10.1. The Morgan fingerprint density at radius 3 is 2.70 bits per heavy atom. The van der Waals surface area contributed by atoms with Crippen LogP contribution in [-0.2, 0) is 0 Å². The molecule has 0 unspecified atom stereocenters. The van der Waals surface area contributed by atoms with Gasteiger partial charge >= 0.3 is 6.03 Å². The van der Waals surface area contributed by atoms with Gasteiger partial charge in [-0.05, 0) is 44.0 Å². The summed E-state index contributed by atoms with van der Waals surface area (Å²) >= 11 is 6.00. The quantitative estimate of drug-likeness (QED) is 0.762. The van der Waals surface area contributed by atoms with Crippen molar-refractivity contribution in [2.45, 2.75) is 20.3 Å². The predicted molar refractivity (Wildman–Crippen MR) is 94.5 cm³/mol. The average molecular weight is 333 g/mol. The zero-order valence-electron chi connectivity index (χ0n) is 13.4. The summed E-state index contributed by atoms with van der Waals surface area (Å²) in [4.78, 5) is 11.9. The Bertz CT molecular complexity index is 674. The van der Waals surface area contributed by atoms with Crippen molar-refractivity contribution in [3.63, 3.8) is 0 Å². The molecule has 0 bridgehead atoms. The summed E-state index contributed by atoms with van der Waals surface area (Å²) in [5, 5.41) is 6.24. The minimum absolute atomic E-state index is 0.213. The number of ether oxygens (including phenoxy) is 1. The van der Waals surface area contributed by atoms with E-state index in [1.165, 1.54) is 5.56 Å². The van der Waals surface area contributed by atoms with Crippen molar-refractivity contribution in [1.29, 1.82) is 0 Å². The van der Waals surface area contributed by atoms with Crippen LogP contribution in [0.5, 0.6) is 5.75 Å². The molecule has 0 saturated heterocycles. The molecule has 122 valence electrons. The van der Waals surface area contributed by atoms with Gasteiger partial charge < -0.3 is 15.4 Å². The minimum atomic E-state index is -0.213. The van der Waals surface area contributed by atoms with Gasteiger partial charge in [0.1, 0.15) is 5.75 Å². The van der Waals surface area contributed by atoms with Crippen LogP contribution in [0.3, 0.4) is 0 Å². The van der Waals surface area contributed by atoms with Gasteiger partial charge in [0, 0.05) is 12.2 Å². The summed E-state index contributed by atoms with van der Waals surface area (Å²) in [5.41, 5.74) is 3.03. The molecule has 0 aliphatic rings. The van der Waals surface area contributed by atoms with Crippen molar-refractivity contribution in [2.75, 3.05) is 18.5 Å². The van der Waals surface area contributed by atoms with Gasteiger partial charge in [-0.3, -0.25) is 0 Å². The zero-order valence-corrected chi connectivity index (χ0v) is 14.1. The number of halogens is 1. The smallest absolute Gasteiger partial charge is 0.319 e. The summed E-state index contributed by atoms with van der Waals surface area (Å²) in [6, 6.07) is 13.0. The van der Waals surface area contributed by atoms with E-state index in [1.54, 1.807) is 6.07 Å². The van der Waals surface area contributed by atoms with E-state index in [0.29, 0.717) is 30.3 Å². The standard InChI is InChI=1S/C18H21ClN2O2/c1-13-8-9-16(14(2)12-13)21-18(22)20-10-5-11-23-17-7-4-3-6-15(17)19/h3-4,6-9,12H,5,10-11H2,1-2H3,(H2,20,21,22). The van der Waals surface area contributed by atoms with E-state index < -0.39 is 0 Å². The van der Waals surface area contributed by atoms with Gasteiger partial charge in [-0.1, -0.05) is 41.4 Å². The number of aryl methyl sites for hydroxylation is 2. The van der Waals surface area contributed by atoms with Crippen molar-refractivity contribution in [3.8, 4) is 5.75 Å². The third-order valence-electron chi connectivity index (χ3n) is 3.33. The molecule has 2 aromatic rings. The van der Waals surface area contributed by atoms with Crippen LogP contribution in [0.15, 0.2) is 42.5 Å². The van der Waals surface area contributed by atoms with Crippen LogP contribution in [0.25, 0.3) is 0 Å². The number of carbonyl (C=O) groups excluding carboxylic acids is 1. The fraction of sp³-hybridized carbons (Fsp3) is 0.278. The molecular weight excluding hydrogens is 312 g/mol. The highest BCUT2D eigenvalue weighted by molar-refractivity contribution is 6.32. The lowest BCUT2D eigenvalue weighted by Crippen LogP contribution is -2.30. The molecule has 0 atom stereocenters. The van der Waals surface area contributed by atoms with E-state index in [-0.39, 0.29) is 6.03 Å². The molecule has 5 heteroatoms. The summed E-state index contributed by atoms with van der Waals surface area (Å²) in [6.45, 7) is 5.02. The van der Waals surface area contributed by atoms with Gasteiger partial charge in [0.05, 0.1) is 11.6 Å². The molecule has 2 N–H and O–H groups in total. The second-order valence-electron chi connectivity index (χ2n) is 5.33. The maximum Gasteiger partial charge on any atom is 0.319 e. The number of para-hydroxylation sites is 1. The highest BCUT2D eigenvalue weighted by atomic mass is 35.5. The van der Waals surface area contributed by atoms with E-state index in [0.717, 1.165) is 11.3 Å². The average Bonchev–Trinajstić information content (AvgIpc) is 2.51. The second-order valence-corrected chi connectivity index (χ2v) is 5.74. The van der Waals surface area contributed by atoms with Gasteiger partial charge in [0.15, 0.2) is 0 Å². The highest BCUT2D eigenvalue weighted by Gasteiger charge is 2.04. The highest BCUT2D eigenvalue weighted by Crippen LogP contribution is 2.23. The fourth-order valence-corrected chi connectivity index (χ4v) is 2.33. The van der Waals surface area contributed by atoms with Crippen LogP contribution < -0.4 is 15.4 Å². The zero-order chi connectivity index (χ0) is 16.7. The lowest BCUT2D eigenvalue weighted by molar-refractivity contribution is 0.250. The summed E-state index contributed by atoms with van der Waals surface area (Å²) < 4.78 is 5.57. The van der Waals surface area contributed by atoms with Gasteiger partial charge in [-0.25, -0.2) is 4.79 Å². The minimum Gasteiger partial charge on any atom is -0.492 e. The van der Waals surface area contributed by atoms with E-state index >= 15 is 0 Å². The molecule has 0 saturated carbocycles. The molecule has 0 spiro atoms. The van der Waals surface area contributed by atoms with E-state index in [4.69, 9.17) is 16.3 Å². The summed E-state index contributed by atoms with van der Waals surface area (Å²) in [6.07, 6.45) is 0.700. The van der Waals surface area contributed by atoms with Crippen LogP contribution in [-0.4, -0.2) is 19.2 Å². The molecule has 23 heavy (non-hydrogen) atoms. The third kappa shape index (κ3) is 5.49. The van der Waals surface area contributed by atoms with Crippen LogP contribution in [0, 0.1) is 13.8 Å². The Kier molecular flexibility index (Phi) is 6.29. The molecule has 0 aliphatic carbocycles. The Morgan fingerprint density at radius 2 is 1.96 bits per heavy atom. The molecule has 0 fully saturated rings. The maximum atomic E-state index is 11.9. The SMILES string of the molecule is Cc1ccc(NC(=O)NCCCOc2ccccc2Cl)c(C)c1. The number of hydrogen-bond donors (Lipinski definition) is 2. The number of rotatable bonds is 6.